The van der Waals surface area contributed by atoms with Crippen LogP contribution in [0.3, 0.4) is 0 Å². The first-order chi connectivity index (χ1) is 13.0. The van der Waals surface area contributed by atoms with Crippen molar-refractivity contribution in [1.82, 2.24) is 9.80 Å². The number of hydrogen-bond donors (Lipinski definition) is 1. The van der Waals surface area contributed by atoms with Gasteiger partial charge in [0.25, 0.3) is 5.91 Å². The number of benzene rings is 1. The number of phenolic OH excluding ortho intramolecular Hbond substituents is 1. The van der Waals surface area contributed by atoms with Crippen LogP contribution >= 0.6 is 0 Å². The van der Waals surface area contributed by atoms with Crippen molar-refractivity contribution in [3.63, 3.8) is 0 Å². The van der Waals surface area contributed by atoms with Crippen LogP contribution in [0.15, 0.2) is 18.2 Å². The second kappa shape index (κ2) is 7.17. The highest BCUT2D eigenvalue weighted by Crippen LogP contribution is 2.42. The Morgan fingerprint density at radius 2 is 1.85 bits per heavy atom. The van der Waals surface area contributed by atoms with Crippen LogP contribution in [0.4, 0.5) is 0 Å². The molecule has 0 unspecified atom stereocenters. The zero-order chi connectivity index (χ0) is 19.0. The molecule has 1 aromatic carbocycles. The van der Waals surface area contributed by atoms with Gasteiger partial charge in [0.05, 0.1) is 5.56 Å². The van der Waals surface area contributed by atoms with Crippen molar-refractivity contribution in [3.8, 4) is 5.75 Å². The predicted octanol–water partition coefficient (Wildman–Crippen LogP) is 3.49. The lowest BCUT2D eigenvalue weighted by Gasteiger charge is -2.49. The van der Waals surface area contributed by atoms with Gasteiger partial charge in [-0.15, -0.1) is 0 Å². The number of nitrogens with zero attached hydrogens (tertiary/aromatic N) is 2. The van der Waals surface area contributed by atoms with E-state index < -0.39 is 0 Å². The lowest BCUT2D eigenvalue weighted by atomic mass is 9.72. The third-order valence-corrected chi connectivity index (χ3v) is 7.04. The largest absolute Gasteiger partial charge is 0.507 e. The van der Waals surface area contributed by atoms with Gasteiger partial charge in [0.15, 0.2) is 0 Å². The van der Waals surface area contributed by atoms with Crippen LogP contribution in [0.2, 0.25) is 0 Å². The average molecular weight is 370 g/mol. The summed E-state index contributed by atoms with van der Waals surface area (Å²) in [6.07, 6.45) is 8.28. The Labute approximate surface area is 161 Å². The molecule has 0 atom stereocenters. The van der Waals surface area contributed by atoms with Crippen molar-refractivity contribution in [1.29, 1.82) is 0 Å². The molecule has 0 radical (unpaired) electrons. The number of piperidine rings is 2. The van der Waals surface area contributed by atoms with E-state index in [1.807, 2.05) is 24.0 Å². The maximum absolute atomic E-state index is 12.9. The fourth-order valence-corrected chi connectivity index (χ4v) is 5.19. The quantitative estimate of drug-likeness (QED) is 0.867. The van der Waals surface area contributed by atoms with E-state index in [0.717, 1.165) is 44.2 Å². The van der Waals surface area contributed by atoms with Crippen LogP contribution in [0.25, 0.3) is 0 Å². The first-order valence-electron chi connectivity index (χ1n) is 10.4. The van der Waals surface area contributed by atoms with Crippen LogP contribution in [0, 0.1) is 12.3 Å². The van der Waals surface area contributed by atoms with E-state index in [1.165, 1.54) is 12.8 Å². The minimum atomic E-state index is -0.0782. The van der Waals surface area contributed by atoms with E-state index in [1.54, 1.807) is 6.07 Å². The average Bonchev–Trinajstić information content (AvgIpc) is 3.21. The SMILES string of the molecule is Cc1cccc(C(=O)N2CCC3(CCC(=O)N(C4CCCC4)C3)CC2)c1O. The second-order valence-electron chi connectivity index (χ2n) is 8.72. The molecule has 2 saturated heterocycles. The van der Waals surface area contributed by atoms with Gasteiger partial charge in [0, 0.05) is 32.1 Å². The minimum absolute atomic E-state index is 0.0782. The van der Waals surface area contributed by atoms with Gasteiger partial charge in [-0.25, -0.2) is 0 Å². The zero-order valence-electron chi connectivity index (χ0n) is 16.2. The highest BCUT2D eigenvalue weighted by Gasteiger charge is 2.44. The van der Waals surface area contributed by atoms with E-state index >= 15 is 0 Å². The van der Waals surface area contributed by atoms with E-state index in [0.29, 0.717) is 37.0 Å². The van der Waals surface area contributed by atoms with Gasteiger partial charge >= 0.3 is 0 Å². The van der Waals surface area contributed by atoms with Crippen molar-refractivity contribution in [2.24, 2.45) is 5.41 Å². The molecule has 2 heterocycles. The molecule has 146 valence electrons. The molecule has 3 fully saturated rings. The number of amides is 2. The predicted molar refractivity (Wildman–Crippen MR) is 104 cm³/mol. The fraction of sp³-hybridized carbons (Fsp3) is 0.636. The summed E-state index contributed by atoms with van der Waals surface area (Å²) in [5.74, 6) is 0.347. The molecular formula is C22H30N2O3. The number of carbonyl (C=O) groups is 2. The molecular weight excluding hydrogens is 340 g/mol. The van der Waals surface area contributed by atoms with E-state index in [2.05, 4.69) is 4.90 Å². The summed E-state index contributed by atoms with van der Waals surface area (Å²) < 4.78 is 0. The molecule has 1 aromatic rings. The smallest absolute Gasteiger partial charge is 0.257 e. The lowest BCUT2D eigenvalue weighted by molar-refractivity contribution is -0.142. The number of para-hydroxylation sites is 1. The monoisotopic (exact) mass is 370 g/mol. The van der Waals surface area contributed by atoms with Crippen LogP contribution in [0.5, 0.6) is 5.75 Å². The molecule has 2 aliphatic heterocycles. The molecule has 2 amide bonds. The summed E-state index contributed by atoms with van der Waals surface area (Å²) >= 11 is 0. The number of aromatic hydroxyl groups is 1. The molecule has 1 spiro atoms. The molecule has 0 aromatic heterocycles. The second-order valence-corrected chi connectivity index (χ2v) is 8.72. The van der Waals surface area contributed by atoms with Gasteiger partial charge in [0.1, 0.15) is 5.75 Å². The third-order valence-electron chi connectivity index (χ3n) is 7.04. The van der Waals surface area contributed by atoms with Gasteiger partial charge in [-0.2, -0.15) is 0 Å². The Hall–Kier alpha value is -2.04. The molecule has 1 N–H and O–H groups in total. The molecule has 5 heteroatoms. The highest BCUT2D eigenvalue weighted by atomic mass is 16.3. The van der Waals surface area contributed by atoms with E-state index in [9.17, 15) is 14.7 Å². The topological polar surface area (TPSA) is 60.9 Å². The summed E-state index contributed by atoms with van der Waals surface area (Å²) in [4.78, 5) is 29.4. The zero-order valence-corrected chi connectivity index (χ0v) is 16.2. The van der Waals surface area contributed by atoms with Crippen LogP contribution in [-0.4, -0.2) is 52.4 Å². The van der Waals surface area contributed by atoms with E-state index in [-0.39, 0.29) is 17.1 Å². The third kappa shape index (κ3) is 3.44. The maximum Gasteiger partial charge on any atom is 0.257 e. The fourth-order valence-electron chi connectivity index (χ4n) is 5.19. The Bertz CT molecular complexity index is 731. The highest BCUT2D eigenvalue weighted by molar-refractivity contribution is 5.97. The molecule has 1 saturated carbocycles. The summed E-state index contributed by atoms with van der Waals surface area (Å²) in [7, 11) is 0. The van der Waals surface area contributed by atoms with E-state index in [4.69, 9.17) is 0 Å². The number of aryl methyl sites for hydroxylation is 1. The lowest BCUT2D eigenvalue weighted by Crippen LogP contribution is -2.54. The molecule has 5 nitrogen and oxygen atoms in total. The van der Waals surface area contributed by atoms with Crippen molar-refractivity contribution < 1.29 is 14.7 Å². The van der Waals surface area contributed by atoms with Crippen LogP contribution < -0.4 is 0 Å². The molecule has 1 aliphatic carbocycles. The molecule has 27 heavy (non-hydrogen) atoms. The number of likely N-dealkylation sites (tertiary alicyclic amines) is 2. The van der Waals surface area contributed by atoms with Gasteiger partial charge in [-0.05, 0) is 56.1 Å². The Morgan fingerprint density at radius 3 is 2.56 bits per heavy atom. The Kier molecular flexibility index (Phi) is 4.87. The standard InChI is InChI=1S/C22H30N2O3/c1-16-5-4-8-18(20(16)26)21(27)23-13-11-22(12-14-23)10-9-19(25)24(15-22)17-6-2-3-7-17/h4-5,8,17,26H,2-3,6-7,9-15H2,1H3. The van der Waals surface area contributed by atoms with Crippen LogP contribution in [-0.2, 0) is 4.79 Å². The maximum atomic E-state index is 12.9. The summed E-state index contributed by atoms with van der Waals surface area (Å²) in [5.41, 5.74) is 1.30. The first kappa shape index (κ1) is 18.3. The number of hydrogen-bond acceptors (Lipinski definition) is 3. The van der Waals surface area contributed by atoms with Crippen molar-refractivity contribution in [3.05, 3.63) is 29.3 Å². The van der Waals surface area contributed by atoms with Crippen molar-refractivity contribution in [2.45, 2.75) is 64.3 Å². The Morgan fingerprint density at radius 1 is 1.15 bits per heavy atom. The van der Waals surface area contributed by atoms with Gasteiger partial charge < -0.3 is 14.9 Å². The summed E-state index contributed by atoms with van der Waals surface area (Å²) in [6.45, 7) is 4.10. The van der Waals surface area contributed by atoms with Crippen molar-refractivity contribution >= 4 is 11.8 Å². The summed E-state index contributed by atoms with van der Waals surface area (Å²) in [6, 6.07) is 5.78. The molecule has 0 bridgehead atoms. The number of phenols is 1. The van der Waals surface area contributed by atoms with Crippen molar-refractivity contribution in [2.75, 3.05) is 19.6 Å². The van der Waals surface area contributed by atoms with Gasteiger partial charge in [-0.3, -0.25) is 9.59 Å². The molecule has 4 rings (SSSR count). The van der Waals surface area contributed by atoms with Gasteiger partial charge in [0.2, 0.25) is 5.91 Å². The summed E-state index contributed by atoms with van der Waals surface area (Å²) in [5, 5.41) is 10.2. The number of carbonyl (C=O) groups excluding carboxylic acids is 2. The Balaban J connectivity index is 1.43. The first-order valence-corrected chi connectivity index (χ1v) is 10.4. The number of rotatable bonds is 2. The van der Waals surface area contributed by atoms with Crippen LogP contribution in [0.1, 0.15) is 67.3 Å². The van der Waals surface area contributed by atoms with Gasteiger partial charge in [-0.1, -0.05) is 25.0 Å². The molecule has 3 aliphatic rings. The minimum Gasteiger partial charge on any atom is -0.507 e. The normalized spacial score (nSPS) is 23.2.